The maximum Gasteiger partial charge on any atom is 3.00 e. The van der Waals surface area contributed by atoms with Gasteiger partial charge in [0.2, 0.25) is 0 Å². The van der Waals surface area contributed by atoms with Gasteiger partial charge >= 0.3 is 16.8 Å². The first kappa shape index (κ1) is 8.90. The van der Waals surface area contributed by atoms with Crippen LogP contribution in [0.2, 0.25) is 0 Å². The second-order valence-electron chi connectivity index (χ2n) is 0.0583. The molecule has 0 radical (unpaired) electrons. The van der Waals surface area contributed by atoms with Crippen LogP contribution in [-0.2, 0) is 20.6 Å². The van der Waals surface area contributed by atoms with E-state index in [1.807, 2.05) is 0 Å². The van der Waals surface area contributed by atoms with Gasteiger partial charge in [-0.25, -0.2) is 0 Å². The van der Waals surface area contributed by atoms with Crippen molar-refractivity contribution in [3.8, 4) is 0 Å². The van der Waals surface area contributed by atoms with Crippen molar-refractivity contribution in [2.75, 3.05) is 0 Å². The average Bonchev–Trinajstić information content (AvgIpc) is 0.918. The van der Waals surface area contributed by atoms with Crippen molar-refractivity contribution in [1.82, 2.24) is 0 Å². The van der Waals surface area contributed by atoms with E-state index < -0.39 is 0 Å². The summed E-state index contributed by atoms with van der Waals surface area (Å²) in [6.07, 6.45) is 0. The fraction of sp³-hybridized carbons (Fsp3) is 0. The quantitative estimate of drug-likeness (QED) is 0.500. The molecule has 0 fully saturated rings. The van der Waals surface area contributed by atoms with Crippen molar-refractivity contribution >= 4 is 23.7 Å². The minimum Gasteiger partial charge on any atom is -0.166 e. The molecule has 4 heteroatoms. The van der Waals surface area contributed by atoms with Gasteiger partial charge in [0.05, 0.1) is 23.7 Å². The zero-order valence-corrected chi connectivity index (χ0v) is 4.05. The molecule has 0 spiro atoms. The Hall–Kier alpha value is 1.05. The van der Waals surface area contributed by atoms with E-state index in [4.69, 9.17) is 0 Å². The Balaban J connectivity index is 0. The number of rotatable bonds is 0. The Morgan fingerprint density at radius 3 is 1.25 bits per heavy atom. The summed E-state index contributed by atoms with van der Waals surface area (Å²) in [5, 5.41) is 0. The van der Waals surface area contributed by atoms with Gasteiger partial charge in [0.15, 0.2) is 0 Å². The van der Waals surface area contributed by atoms with Crippen LogP contribution in [0, 0.1) is 0 Å². The van der Waals surface area contributed by atoms with Gasteiger partial charge < -0.3 is 0 Å². The number of halogens is 2. The summed E-state index contributed by atoms with van der Waals surface area (Å²) in [6.45, 7) is 0. The Kier molecular flexibility index (Phi) is 20.0. The molecule has 0 amide bonds. The van der Waals surface area contributed by atoms with Crippen LogP contribution in [-0.4, -0.2) is 0 Å². The van der Waals surface area contributed by atoms with E-state index in [-0.39, 0.29) is 16.8 Å². The predicted molar refractivity (Wildman–Crippen MR) is 12.8 cm³/mol. The number of hydrogen-bond acceptors (Lipinski definition) is 1. The van der Waals surface area contributed by atoms with E-state index >= 15 is 0 Å². The second-order valence-corrected chi connectivity index (χ2v) is 0.525. The minimum absolute atomic E-state index is 0. The van der Waals surface area contributed by atoms with Gasteiger partial charge in [0.25, 0.3) is 0 Å². The number of hydrogen-bond donors (Lipinski definition) is 0. The van der Waals surface area contributed by atoms with Crippen LogP contribution >= 0.6 is 23.7 Å². The van der Waals surface area contributed by atoms with Crippen molar-refractivity contribution in [2.24, 2.45) is 0 Å². The summed E-state index contributed by atoms with van der Waals surface area (Å²) in [5.41, 5.74) is 0. The Morgan fingerprint density at radius 1 is 1.25 bits per heavy atom. The van der Waals surface area contributed by atoms with Gasteiger partial charge in [-0.05, 0) is 0 Å². The predicted octanol–water partition coefficient (Wildman–Crippen LogP) is 1.31. The van der Waals surface area contributed by atoms with Crippen LogP contribution in [0.15, 0.2) is 0 Å². The fourth-order valence-corrected chi connectivity index (χ4v) is 0. The first-order valence-electron chi connectivity index (χ1n) is 0.309. The zero-order valence-electron chi connectivity index (χ0n) is 1.50. The molecule has 0 bridgehead atoms. The van der Waals surface area contributed by atoms with Gasteiger partial charge in [-0.2, -0.15) is 3.84 Å². The van der Waals surface area contributed by atoms with E-state index in [1.165, 1.54) is 0 Å². The summed E-state index contributed by atoms with van der Waals surface area (Å²) in [7, 11) is 0. The van der Waals surface area contributed by atoms with Crippen molar-refractivity contribution in [3.63, 3.8) is 0 Å². The molecule has 0 N–H and O–H groups in total. The summed E-state index contributed by atoms with van der Waals surface area (Å²) in [6, 6.07) is 0. The van der Waals surface area contributed by atoms with E-state index in [9.17, 15) is 0 Å². The zero-order chi connectivity index (χ0) is 2.71. The van der Waals surface area contributed by atoms with Gasteiger partial charge in [-0.15, -0.1) is 0 Å². The molecule has 26 valence electrons. The third kappa shape index (κ3) is 11.7. The third-order valence-corrected chi connectivity index (χ3v) is 0. The van der Waals surface area contributed by atoms with E-state index in [0.717, 1.165) is 0 Å². The molecule has 0 unspecified atom stereocenters. The molecular weight excluding hydrogens is 146 g/mol. The third-order valence-electron chi connectivity index (χ3n) is 0. The Labute approximate surface area is 44.8 Å². The molecule has 1 nitrogen and oxygen atoms in total. The standard InChI is InChI=1S/Cl2O.Co/c1-3-2;/q;+3. The summed E-state index contributed by atoms with van der Waals surface area (Å²) >= 11 is 8.53. The van der Waals surface area contributed by atoms with Crippen molar-refractivity contribution in [3.05, 3.63) is 0 Å². The summed E-state index contributed by atoms with van der Waals surface area (Å²) < 4.78 is 3.19. The minimum atomic E-state index is 0. The molecule has 0 aromatic rings. The topological polar surface area (TPSA) is 9.23 Å². The summed E-state index contributed by atoms with van der Waals surface area (Å²) in [4.78, 5) is 0. The van der Waals surface area contributed by atoms with Crippen molar-refractivity contribution in [2.45, 2.75) is 0 Å². The normalized spacial score (nSPS) is 4.50. The molecule has 0 aliphatic carbocycles. The molecule has 0 aromatic heterocycles. The van der Waals surface area contributed by atoms with Crippen molar-refractivity contribution < 1.29 is 20.6 Å². The van der Waals surface area contributed by atoms with Crippen LogP contribution in [0.3, 0.4) is 0 Å². The molecule has 4 heavy (non-hydrogen) atoms. The van der Waals surface area contributed by atoms with Crippen molar-refractivity contribution in [1.29, 1.82) is 0 Å². The molecule has 0 atom stereocenters. The molecule has 0 rings (SSSR count). The van der Waals surface area contributed by atoms with Crippen LogP contribution in [0.4, 0.5) is 0 Å². The van der Waals surface area contributed by atoms with Gasteiger partial charge in [0.1, 0.15) is 0 Å². The Morgan fingerprint density at radius 2 is 1.25 bits per heavy atom. The van der Waals surface area contributed by atoms with Crippen LogP contribution in [0.1, 0.15) is 0 Å². The molecule has 0 aromatic carbocycles. The Bertz CT molecular complexity index is 6.00. The molecule has 0 saturated heterocycles. The van der Waals surface area contributed by atoms with Gasteiger partial charge in [-0.3, -0.25) is 0 Å². The van der Waals surface area contributed by atoms with Crippen LogP contribution in [0.25, 0.3) is 0 Å². The maximum absolute atomic E-state index is 4.26. The monoisotopic (exact) mass is 145 g/mol. The smallest absolute Gasteiger partial charge is 0.166 e. The van der Waals surface area contributed by atoms with E-state index in [2.05, 4.69) is 27.6 Å². The largest absolute Gasteiger partial charge is 3.00 e. The summed E-state index contributed by atoms with van der Waals surface area (Å²) in [5.74, 6) is 0. The molecule has 0 saturated carbocycles. The average molecular weight is 146 g/mol. The van der Waals surface area contributed by atoms with Crippen LogP contribution < -0.4 is 0 Å². The SMILES string of the molecule is ClOCl.[Co+3]. The van der Waals surface area contributed by atoms with Gasteiger partial charge in [0, 0.05) is 0 Å². The second kappa shape index (κ2) is 8.97. The van der Waals surface area contributed by atoms with E-state index in [0.29, 0.717) is 0 Å². The first-order valence-corrected chi connectivity index (χ1v) is 0.926. The van der Waals surface area contributed by atoms with Crippen LogP contribution in [0.5, 0.6) is 0 Å². The van der Waals surface area contributed by atoms with E-state index in [1.54, 1.807) is 0 Å². The molecular formula is Cl2CoO+3. The first-order chi connectivity index (χ1) is 1.41. The molecule has 0 aliphatic rings. The maximum atomic E-state index is 4.26. The van der Waals surface area contributed by atoms with Gasteiger partial charge in [-0.1, -0.05) is 0 Å². The fourth-order valence-electron chi connectivity index (χ4n) is 0. The molecule has 0 aliphatic heterocycles. The molecule has 0 heterocycles.